The molecule has 22 heavy (non-hydrogen) atoms. The van der Waals surface area contributed by atoms with Gasteiger partial charge in [-0.1, -0.05) is 0 Å². The van der Waals surface area contributed by atoms with E-state index >= 15 is 0 Å². The van der Waals surface area contributed by atoms with E-state index in [4.69, 9.17) is 0 Å². The molecule has 1 aliphatic rings. The molecular weight excluding hydrogens is 322 g/mol. The standard InChI is InChI=1S/C14H23N3O3S2/c1-14(18,10-21-2)9-16-13-12(4-3-7-15-13)22(19,20)17-8-11-5-6-11/h3-4,7,11,17-18H,5-6,8-10H2,1-2H3,(H,15,16). The predicted molar refractivity (Wildman–Crippen MR) is 89.6 cm³/mol. The first-order chi connectivity index (χ1) is 10.3. The second-order valence-electron chi connectivity index (χ2n) is 5.93. The summed E-state index contributed by atoms with van der Waals surface area (Å²) in [5.41, 5.74) is -0.931. The molecule has 0 bridgehead atoms. The first-order valence-electron chi connectivity index (χ1n) is 7.24. The Hall–Kier alpha value is -0.830. The lowest BCUT2D eigenvalue weighted by molar-refractivity contribution is 0.0995. The maximum Gasteiger partial charge on any atom is 0.244 e. The van der Waals surface area contributed by atoms with Crippen LogP contribution in [-0.2, 0) is 10.0 Å². The van der Waals surface area contributed by atoms with E-state index in [-0.39, 0.29) is 17.3 Å². The molecule has 0 amide bonds. The molecule has 1 aromatic heterocycles. The van der Waals surface area contributed by atoms with Crippen molar-refractivity contribution in [3.8, 4) is 0 Å². The number of hydrogen-bond acceptors (Lipinski definition) is 6. The number of sulfonamides is 1. The van der Waals surface area contributed by atoms with Crippen LogP contribution in [0.15, 0.2) is 23.2 Å². The first kappa shape index (κ1) is 17.5. The summed E-state index contributed by atoms with van der Waals surface area (Å²) in [6.45, 7) is 2.41. The summed E-state index contributed by atoms with van der Waals surface area (Å²) in [7, 11) is -3.59. The van der Waals surface area contributed by atoms with E-state index in [2.05, 4.69) is 15.0 Å². The van der Waals surface area contributed by atoms with Gasteiger partial charge in [0.25, 0.3) is 0 Å². The Balaban J connectivity index is 2.08. The normalized spacial score (nSPS) is 18.0. The van der Waals surface area contributed by atoms with Crippen molar-refractivity contribution in [1.29, 1.82) is 0 Å². The van der Waals surface area contributed by atoms with Crippen LogP contribution in [0.25, 0.3) is 0 Å². The third kappa shape index (κ3) is 5.12. The van der Waals surface area contributed by atoms with Gasteiger partial charge < -0.3 is 10.4 Å². The van der Waals surface area contributed by atoms with E-state index in [1.165, 1.54) is 24.0 Å². The van der Waals surface area contributed by atoms with Gasteiger partial charge in [-0.05, 0) is 44.1 Å². The Morgan fingerprint density at radius 2 is 2.23 bits per heavy atom. The van der Waals surface area contributed by atoms with Crippen LogP contribution in [0.2, 0.25) is 0 Å². The van der Waals surface area contributed by atoms with Gasteiger partial charge >= 0.3 is 0 Å². The minimum absolute atomic E-state index is 0.121. The number of aromatic nitrogens is 1. The van der Waals surface area contributed by atoms with Crippen molar-refractivity contribution in [3.05, 3.63) is 18.3 Å². The van der Waals surface area contributed by atoms with E-state index in [0.717, 1.165) is 12.8 Å². The van der Waals surface area contributed by atoms with Gasteiger partial charge in [0.1, 0.15) is 10.7 Å². The molecule has 0 spiro atoms. The summed E-state index contributed by atoms with van der Waals surface area (Å²) in [5.74, 6) is 1.28. The molecular formula is C14H23N3O3S2. The smallest absolute Gasteiger partial charge is 0.244 e. The molecule has 1 saturated carbocycles. The van der Waals surface area contributed by atoms with Crippen molar-refractivity contribution < 1.29 is 13.5 Å². The Kier molecular flexibility index (Phi) is 5.70. The van der Waals surface area contributed by atoms with Gasteiger partial charge in [0, 0.05) is 25.0 Å². The lowest BCUT2D eigenvalue weighted by Gasteiger charge is -2.23. The average Bonchev–Trinajstić information content (AvgIpc) is 3.28. The number of anilines is 1. The van der Waals surface area contributed by atoms with E-state index in [9.17, 15) is 13.5 Å². The Labute approximate surface area is 136 Å². The van der Waals surface area contributed by atoms with Crippen molar-refractivity contribution in [2.45, 2.75) is 30.3 Å². The van der Waals surface area contributed by atoms with Gasteiger partial charge in [-0.15, -0.1) is 0 Å². The van der Waals surface area contributed by atoms with Crippen LogP contribution in [0.5, 0.6) is 0 Å². The monoisotopic (exact) mass is 345 g/mol. The van der Waals surface area contributed by atoms with Gasteiger partial charge in [-0.2, -0.15) is 11.8 Å². The zero-order valence-corrected chi connectivity index (χ0v) is 14.5. The number of pyridine rings is 1. The zero-order chi connectivity index (χ0) is 16.2. The molecule has 1 unspecified atom stereocenters. The SMILES string of the molecule is CSCC(C)(O)CNc1ncccc1S(=O)(=O)NCC1CC1. The second-order valence-corrected chi connectivity index (χ2v) is 8.53. The molecule has 0 aromatic carbocycles. The number of thioether (sulfide) groups is 1. The van der Waals surface area contributed by atoms with Crippen LogP contribution in [0, 0.1) is 5.92 Å². The summed E-state index contributed by atoms with van der Waals surface area (Å²) >= 11 is 1.53. The lowest BCUT2D eigenvalue weighted by atomic mass is 10.1. The van der Waals surface area contributed by atoms with Crippen LogP contribution in [0.3, 0.4) is 0 Å². The molecule has 1 aromatic rings. The molecule has 1 fully saturated rings. The molecule has 1 aliphatic carbocycles. The van der Waals surface area contributed by atoms with Gasteiger partial charge in [0.2, 0.25) is 10.0 Å². The molecule has 6 nitrogen and oxygen atoms in total. The molecule has 8 heteroatoms. The van der Waals surface area contributed by atoms with Crippen LogP contribution in [0.4, 0.5) is 5.82 Å². The minimum atomic E-state index is -3.59. The molecule has 0 radical (unpaired) electrons. The topological polar surface area (TPSA) is 91.3 Å². The largest absolute Gasteiger partial charge is 0.387 e. The summed E-state index contributed by atoms with van der Waals surface area (Å²) in [4.78, 5) is 4.22. The molecule has 0 aliphatic heterocycles. The van der Waals surface area contributed by atoms with Crippen molar-refractivity contribution in [1.82, 2.24) is 9.71 Å². The van der Waals surface area contributed by atoms with Gasteiger partial charge in [-0.3, -0.25) is 0 Å². The van der Waals surface area contributed by atoms with Gasteiger partial charge in [0.05, 0.1) is 5.60 Å². The lowest BCUT2D eigenvalue weighted by Crippen LogP contribution is -2.36. The molecule has 1 atom stereocenters. The van der Waals surface area contributed by atoms with Crippen molar-refractivity contribution >= 4 is 27.6 Å². The van der Waals surface area contributed by atoms with E-state index in [1.807, 2.05) is 6.26 Å². The fourth-order valence-corrected chi connectivity index (χ4v) is 3.98. The Bertz CT molecular complexity index is 601. The highest BCUT2D eigenvalue weighted by atomic mass is 32.2. The van der Waals surface area contributed by atoms with Crippen molar-refractivity contribution in [2.24, 2.45) is 5.92 Å². The molecule has 1 heterocycles. The highest BCUT2D eigenvalue weighted by Crippen LogP contribution is 2.28. The summed E-state index contributed by atoms with van der Waals surface area (Å²) in [5, 5.41) is 13.1. The maximum atomic E-state index is 12.4. The minimum Gasteiger partial charge on any atom is -0.387 e. The summed E-state index contributed by atoms with van der Waals surface area (Å²) in [6.07, 6.45) is 5.61. The number of nitrogens with zero attached hydrogens (tertiary/aromatic N) is 1. The third-order valence-corrected chi connectivity index (χ3v) is 5.78. The highest BCUT2D eigenvalue weighted by molar-refractivity contribution is 7.98. The molecule has 3 N–H and O–H groups in total. The predicted octanol–water partition coefficient (Wildman–Crippen LogP) is 1.30. The van der Waals surface area contributed by atoms with E-state index in [1.54, 1.807) is 13.0 Å². The maximum absolute atomic E-state index is 12.4. The number of aliphatic hydroxyl groups is 1. The molecule has 0 saturated heterocycles. The summed E-state index contributed by atoms with van der Waals surface area (Å²) in [6, 6.07) is 3.12. The van der Waals surface area contributed by atoms with Crippen LogP contribution in [0.1, 0.15) is 19.8 Å². The van der Waals surface area contributed by atoms with E-state index in [0.29, 0.717) is 18.2 Å². The zero-order valence-electron chi connectivity index (χ0n) is 12.9. The second kappa shape index (κ2) is 7.16. The van der Waals surface area contributed by atoms with Crippen molar-refractivity contribution in [2.75, 3.05) is 30.4 Å². The van der Waals surface area contributed by atoms with Gasteiger partial charge in [0.15, 0.2) is 0 Å². The van der Waals surface area contributed by atoms with Gasteiger partial charge in [-0.25, -0.2) is 18.1 Å². The highest BCUT2D eigenvalue weighted by Gasteiger charge is 2.27. The third-order valence-electron chi connectivity index (χ3n) is 3.41. The van der Waals surface area contributed by atoms with Crippen molar-refractivity contribution in [3.63, 3.8) is 0 Å². The van der Waals surface area contributed by atoms with E-state index < -0.39 is 15.6 Å². The Morgan fingerprint density at radius 1 is 1.50 bits per heavy atom. The fraction of sp³-hybridized carbons (Fsp3) is 0.643. The molecule has 2 rings (SSSR count). The number of rotatable bonds is 9. The quantitative estimate of drug-likeness (QED) is 0.625. The van der Waals surface area contributed by atoms with Crippen LogP contribution < -0.4 is 10.0 Å². The first-order valence-corrected chi connectivity index (χ1v) is 10.1. The average molecular weight is 345 g/mol. The Morgan fingerprint density at radius 3 is 2.86 bits per heavy atom. The summed E-state index contributed by atoms with van der Waals surface area (Å²) < 4.78 is 27.4. The number of hydrogen-bond donors (Lipinski definition) is 3. The number of nitrogens with one attached hydrogen (secondary N) is 2. The van der Waals surface area contributed by atoms with Crippen LogP contribution in [-0.4, -0.2) is 49.2 Å². The fourth-order valence-electron chi connectivity index (χ4n) is 2.00. The molecule has 124 valence electrons. The van der Waals surface area contributed by atoms with Crippen LogP contribution >= 0.6 is 11.8 Å².